The van der Waals surface area contributed by atoms with Crippen molar-refractivity contribution < 1.29 is 23.8 Å². The van der Waals surface area contributed by atoms with Crippen LogP contribution in [0.3, 0.4) is 0 Å². The van der Waals surface area contributed by atoms with Crippen LogP contribution in [0, 0.1) is 0 Å². The fourth-order valence-corrected chi connectivity index (χ4v) is 3.63. The molecule has 0 spiro atoms. The van der Waals surface area contributed by atoms with Crippen LogP contribution in [0.25, 0.3) is 5.65 Å². The van der Waals surface area contributed by atoms with Gasteiger partial charge in [0.05, 0.1) is 26.9 Å². The van der Waals surface area contributed by atoms with Crippen LogP contribution in [0.15, 0.2) is 65.6 Å². The summed E-state index contributed by atoms with van der Waals surface area (Å²) >= 11 is 0. The van der Waals surface area contributed by atoms with Crippen molar-refractivity contribution in [2.45, 2.75) is 13.1 Å². The summed E-state index contributed by atoms with van der Waals surface area (Å²) in [5.41, 5.74) is 1.39. The lowest BCUT2D eigenvalue weighted by atomic mass is 10.2. The fraction of sp³-hybridized carbons (Fsp3) is 0.200. The standard InChI is InChI=1S/C25H25N5O6/c1-34-19-11-18(12-20(35-2)23(19)36-3)27-22(31)15-30-25(33)29-14-17(9-10-21(29)28-30)24(32)26-13-16-7-5-4-6-8-16/h4-12,14H,13,15H2,1-3H3,(H,26,32)(H,27,31). The number of amides is 2. The molecule has 0 radical (unpaired) electrons. The average Bonchev–Trinajstić information content (AvgIpc) is 3.21. The molecule has 0 saturated heterocycles. The second-order valence-corrected chi connectivity index (χ2v) is 7.72. The van der Waals surface area contributed by atoms with Gasteiger partial charge in [-0.25, -0.2) is 13.9 Å². The summed E-state index contributed by atoms with van der Waals surface area (Å²) in [6.07, 6.45) is 1.40. The van der Waals surface area contributed by atoms with E-state index in [0.717, 1.165) is 10.2 Å². The number of hydrogen-bond acceptors (Lipinski definition) is 7. The molecule has 11 nitrogen and oxygen atoms in total. The molecule has 186 valence electrons. The van der Waals surface area contributed by atoms with Gasteiger partial charge in [0.2, 0.25) is 11.7 Å². The van der Waals surface area contributed by atoms with E-state index in [1.54, 1.807) is 24.3 Å². The number of carbonyl (C=O) groups is 2. The molecule has 36 heavy (non-hydrogen) atoms. The van der Waals surface area contributed by atoms with Gasteiger partial charge < -0.3 is 24.8 Å². The number of benzene rings is 2. The van der Waals surface area contributed by atoms with E-state index in [1.165, 1.54) is 31.9 Å². The predicted octanol–water partition coefficient (Wildman–Crippen LogP) is 2.09. The molecular weight excluding hydrogens is 466 g/mol. The molecule has 2 N–H and O–H groups in total. The number of nitrogens with zero attached hydrogens (tertiary/aromatic N) is 3. The van der Waals surface area contributed by atoms with Crippen LogP contribution >= 0.6 is 0 Å². The molecule has 4 aromatic rings. The van der Waals surface area contributed by atoms with Crippen LogP contribution in [0.1, 0.15) is 15.9 Å². The minimum absolute atomic E-state index is 0.293. The summed E-state index contributed by atoms with van der Waals surface area (Å²) in [5.74, 6) is 0.305. The van der Waals surface area contributed by atoms with E-state index in [2.05, 4.69) is 15.7 Å². The van der Waals surface area contributed by atoms with Crippen molar-refractivity contribution >= 4 is 23.1 Å². The summed E-state index contributed by atoms with van der Waals surface area (Å²) in [4.78, 5) is 38.1. The number of methoxy groups -OCH3 is 3. The summed E-state index contributed by atoms with van der Waals surface area (Å²) in [6.45, 7) is 0.0136. The largest absolute Gasteiger partial charge is 0.493 e. The second kappa shape index (κ2) is 10.6. The van der Waals surface area contributed by atoms with Gasteiger partial charge in [0, 0.05) is 30.6 Å². The van der Waals surface area contributed by atoms with E-state index in [9.17, 15) is 14.4 Å². The van der Waals surface area contributed by atoms with E-state index >= 15 is 0 Å². The van der Waals surface area contributed by atoms with Crippen LogP contribution in [0.4, 0.5) is 5.69 Å². The Bertz CT molecular complexity index is 1440. The van der Waals surface area contributed by atoms with Crippen LogP contribution in [-0.4, -0.2) is 47.3 Å². The highest BCUT2D eigenvalue weighted by Gasteiger charge is 2.17. The van der Waals surface area contributed by atoms with Crippen molar-refractivity contribution in [1.29, 1.82) is 0 Å². The number of pyridine rings is 1. The average molecular weight is 492 g/mol. The van der Waals surface area contributed by atoms with Gasteiger partial charge in [-0.2, -0.15) is 0 Å². The maximum Gasteiger partial charge on any atom is 0.350 e. The van der Waals surface area contributed by atoms with E-state index in [-0.39, 0.29) is 12.5 Å². The van der Waals surface area contributed by atoms with Gasteiger partial charge in [-0.05, 0) is 17.7 Å². The summed E-state index contributed by atoms with van der Waals surface area (Å²) < 4.78 is 18.1. The number of ether oxygens (including phenoxy) is 3. The van der Waals surface area contributed by atoms with Crippen LogP contribution < -0.4 is 30.5 Å². The lowest BCUT2D eigenvalue weighted by Crippen LogP contribution is -2.28. The van der Waals surface area contributed by atoms with Crippen LogP contribution in [0.2, 0.25) is 0 Å². The number of anilines is 1. The Kier molecular flexibility index (Phi) is 7.19. The Morgan fingerprint density at radius 1 is 0.944 bits per heavy atom. The highest BCUT2D eigenvalue weighted by molar-refractivity contribution is 5.94. The summed E-state index contributed by atoms with van der Waals surface area (Å²) in [6, 6.07) is 15.8. The molecule has 0 aliphatic carbocycles. The summed E-state index contributed by atoms with van der Waals surface area (Å²) in [7, 11) is 4.41. The van der Waals surface area contributed by atoms with E-state index in [1.807, 2.05) is 30.3 Å². The molecule has 2 heterocycles. The van der Waals surface area contributed by atoms with Crippen LogP contribution in [0.5, 0.6) is 17.2 Å². The van der Waals surface area contributed by atoms with Gasteiger partial charge in [0.1, 0.15) is 6.54 Å². The molecule has 0 aliphatic rings. The molecule has 2 aromatic carbocycles. The molecule has 11 heteroatoms. The third-order valence-electron chi connectivity index (χ3n) is 5.38. The van der Waals surface area contributed by atoms with Gasteiger partial charge in [0.25, 0.3) is 5.91 Å². The normalized spacial score (nSPS) is 10.6. The third kappa shape index (κ3) is 5.14. The van der Waals surface area contributed by atoms with Crippen molar-refractivity contribution in [1.82, 2.24) is 19.5 Å². The third-order valence-corrected chi connectivity index (χ3v) is 5.38. The van der Waals surface area contributed by atoms with Gasteiger partial charge in [-0.15, -0.1) is 5.10 Å². The Balaban J connectivity index is 1.49. The highest BCUT2D eigenvalue weighted by Crippen LogP contribution is 2.39. The van der Waals surface area contributed by atoms with Gasteiger partial charge in [0.15, 0.2) is 17.1 Å². The SMILES string of the molecule is COc1cc(NC(=O)Cn2nc3ccc(C(=O)NCc4ccccc4)cn3c2=O)cc(OC)c1OC. The zero-order chi connectivity index (χ0) is 25.7. The first-order chi connectivity index (χ1) is 17.4. The zero-order valence-electron chi connectivity index (χ0n) is 20.0. The first-order valence-electron chi connectivity index (χ1n) is 10.9. The minimum atomic E-state index is -0.553. The van der Waals surface area contributed by atoms with E-state index in [4.69, 9.17) is 14.2 Å². The number of carbonyl (C=O) groups excluding carboxylic acids is 2. The van der Waals surface area contributed by atoms with Crippen LogP contribution in [-0.2, 0) is 17.9 Å². The zero-order valence-corrected chi connectivity index (χ0v) is 20.0. The lowest BCUT2D eigenvalue weighted by molar-refractivity contribution is -0.117. The molecule has 0 atom stereocenters. The van der Waals surface area contributed by atoms with E-state index < -0.39 is 11.6 Å². The predicted molar refractivity (Wildman–Crippen MR) is 132 cm³/mol. The molecule has 0 bridgehead atoms. The Hall–Kier alpha value is -4.80. The van der Waals surface area contributed by atoms with Crippen molar-refractivity contribution in [3.63, 3.8) is 0 Å². The fourth-order valence-electron chi connectivity index (χ4n) is 3.63. The number of fused-ring (bicyclic) bond motifs is 1. The molecule has 0 fully saturated rings. The molecule has 4 rings (SSSR count). The number of hydrogen-bond donors (Lipinski definition) is 2. The lowest BCUT2D eigenvalue weighted by Gasteiger charge is -2.14. The molecule has 2 amide bonds. The molecule has 0 aliphatic heterocycles. The molecule has 0 saturated carbocycles. The van der Waals surface area contributed by atoms with Crippen molar-refractivity contribution in [2.24, 2.45) is 0 Å². The Morgan fingerprint density at radius 2 is 1.64 bits per heavy atom. The van der Waals surface area contributed by atoms with Gasteiger partial charge >= 0.3 is 5.69 Å². The maximum atomic E-state index is 12.9. The van der Waals surface area contributed by atoms with E-state index in [0.29, 0.717) is 40.7 Å². The van der Waals surface area contributed by atoms with Crippen molar-refractivity contribution in [3.05, 3.63) is 82.4 Å². The minimum Gasteiger partial charge on any atom is -0.493 e. The maximum absolute atomic E-state index is 12.9. The summed E-state index contributed by atoms with van der Waals surface area (Å²) in [5, 5.41) is 9.70. The molecule has 0 unspecified atom stereocenters. The monoisotopic (exact) mass is 491 g/mol. The van der Waals surface area contributed by atoms with Crippen molar-refractivity contribution in [2.75, 3.05) is 26.6 Å². The number of rotatable bonds is 9. The number of aromatic nitrogens is 3. The van der Waals surface area contributed by atoms with Gasteiger partial charge in [-0.1, -0.05) is 30.3 Å². The highest BCUT2D eigenvalue weighted by atomic mass is 16.5. The van der Waals surface area contributed by atoms with Gasteiger partial charge in [-0.3, -0.25) is 9.59 Å². The molecular formula is C25H25N5O6. The first-order valence-corrected chi connectivity index (χ1v) is 10.9. The van der Waals surface area contributed by atoms with Crippen molar-refractivity contribution in [3.8, 4) is 17.2 Å². The first kappa shape index (κ1) is 24.3. The Labute approximate surface area is 206 Å². The second-order valence-electron chi connectivity index (χ2n) is 7.72. The smallest absolute Gasteiger partial charge is 0.350 e. The Morgan fingerprint density at radius 3 is 2.28 bits per heavy atom. The topological polar surface area (TPSA) is 125 Å². The molecule has 2 aromatic heterocycles. The number of nitrogens with one attached hydrogen (secondary N) is 2. The quantitative estimate of drug-likeness (QED) is 0.367.